The van der Waals surface area contributed by atoms with Crippen LogP contribution in [0.2, 0.25) is 0 Å². The van der Waals surface area contributed by atoms with Crippen LogP contribution < -0.4 is 0 Å². The molecule has 16 heavy (non-hydrogen) atoms. The molecule has 4 nitrogen and oxygen atoms in total. The number of hydrogen-bond acceptors (Lipinski definition) is 3. The lowest BCUT2D eigenvalue weighted by molar-refractivity contribution is -0.143. The predicted octanol–water partition coefficient (Wildman–Crippen LogP) is 1.91. The topological polar surface area (TPSA) is 63.1 Å². The van der Waals surface area contributed by atoms with Gasteiger partial charge in [0.1, 0.15) is 0 Å². The van der Waals surface area contributed by atoms with Gasteiger partial charge in [0.25, 0.3) is 0 Å². The van der Waals surface area contributed by atoms with Crippen LogP contribution in [0.1, 0.15) is 31.4 Å². The van der Waals surface area contributed by atoms with Gasteiger partial charge in [-0.1, -0.05) is 0 Å². The first-order valence-corrected chi connectivity index (χ1v) is 5.73. The number of carbonyl (C=O) groups is 1. The molecule has 1 N–H and O–H groups in total. The van der Waals surface area contributed by atoms with Crippen molar-refractivity contribution in [2.75, 3.05) is 0 Å². The Morgan fingerprint density at radius 3 is 2.62 bits per heavy atom. The van der Waals surface area contributed by atoms with Crippen LogP contribution in [0, 0.1) is 11.8 Å². The van der Waals surface area contributed by atoms with Crippen molar-refractivity contribution in [1.82, 2.24) is 9.97 Å². The minimum absolute atomic E-state index is 0.127. The molecule has 0 radical (unpaired) electrons. The van der Waals surface area contributed by atoms with Crippen molar-refractivity contribution in [3.05, 3.63) is 24.3 Å². The third kappa shape index (κ3) is 2.78. The number of rotatable bonds is 3. The second kappa shape index (κ2) is 5.05. The fourth-order valence-electron chi connectivity index (χ4n) is 2.34. The molecule has 0 amide bonds. The molecule has 0 aliphatic heterocycles. The van der Waals surface area contributed by atoms with Crippen molar-refractivity contribution >= 4 is 5.97 Å². The van der Waals surface area contributed by atoms with E-state index < -0.39 is 5.97 Å². The first-order valence-electron chi connectivity index (χ1n) is 5.73. The standard InChI is InChI=1S/C12H16N2O2/c15-12(16)10-3-1-9(2-4-10)7-11-8-13-5-6-14-11/h5-6,8-10H,1-4,7H2,(H,15,16). The molecule has 1 aromatic rings. The number of nitrogens with zero attached hydrogens (tertiary/aromatic N) is 2. The van der Waals surface area contributed by atoms with Crippen LogP contribution >= 0.6 is 0 Å². The van der Waals surface area contributed by atoms with E-state index in [1.54, 1.807) is 18.6 Å². The van der Waals surface area contributed by atoms with Crippen molar-refractivity contribution in [1.29, 1.82) is 0 Å². The zero-order chi connectivity index (χ0) is 11.4. The maximum absolute atomic E-state index is 10.8. The van der Waals surface area contributed by atoms with Gasteiger partial charge in [0.05, 0.1) is 11.6 Å². The third-order valence-corrected chi connectivity index (χ3v) is 3.31. The first-order chi connectivity index (χ1) is 7.75. The summed E-state index contributed by atoms with van der Waals surface area (Å²) in [6.45, 7) is 0. The second-order valence-corrected chi connectivity index (χ2v) is 4.46. The van der Waals surface area contributed by atoms with Crippen LogP contribution in [-0.2, 0) is 11.2 Å². The van der Waals surface area contributed by atoms with E-state index in [0.717, 1.165) is 37.8 Å². The van der Waals surface area contributed by atoms with E-state index in [1.807, 2.05) is 0 Å². The normalized spacial score (nSPS) is 25.2. The Balaban J connectivity index is 1.84. The minimum atomic E-state index is -0.641. The number of carboxylic acids is 1. The molecule has 0 aromatic carbocycles. The van der Waals surface area contributed by atoms with E-state index >= 15 is 0 Å². The van der Waals surface area contributed by atoms with Crippen LogP contribution in [0.5, 0.6) is 0 Å². The number of hydrogen-bond donors (Lipinski definition) is 1. The highest BCUT2D eigenvalue weighted by Crippen LogP contribution is 2.30. The quantitative estimate of drug-likeness (QED) is 0.845. The van der Waals surface area contributed by atoms with Gasteiger partial charge in [0.2, 0.25) is 0 Å². The molecule has 1 heterocycles. The largest absolute Gasteiger partial charge is 0.481 e. The van der Waals surface area contributed by atoms with Gasteiger partial charge in [-0.3, -0.25) is 14.8 Å². The summed E-state index contributed by atoms with van der Waals surface area (Å²) in [7, 11) is 0. The maximum atomic E-state index is 10.8. The van der Waals surface area contributed by atoms with Crippen molar-refractivity contribution in [2.45, 2.75) is 32.1 Å². The Bertz CT molecular complexity index is 345. The van der Waals surface area contributed by atoms with Crippen LogP contribution in [0.25, 0.3) is 0 Å². The van der Waals surface area contributed by atoms with Crippen LogP contribution in [-0.4, -0.2) is 21.0 Å². The monoisotopic (exact) mass is 220 g/mol. The highest BCUT2D eigenvalue weighted by atomic mass is 16.4. The van der Waals surface area contributed by atoms with Gasteiger partial charge in [-0.15, -0.1) is 0 Å². The predicted molar refractivity (Wildman–Crippen MR) is 58.8 cm³/mol. The Morgan fingerprint density at radius 2 is 2.06 bits per heavy atom. The smallest absolute Gasteiger partial charge is 0.306 e. The molecular weight excluding hydrogens is 204 g/mol. The summed E-state index contributed by atoms with van der Waals surface area (Å²) in [5, 5.41) is 8.89. The molecule has 1 saturated carbocycles. The first kappa shape index (κ1) is 11.0. The summed E-state index contributed by atoms with van der Waals surface area (Å²) in [5.41, 5.74) is 1.02. The molecule has 0 atom stereocenters. The number of carboxylic acid groups (broad SMARTS) is 1. The molecular formula is C12H16N2O2. The second-order valence-electron chi connectivity index (χ2n) is 4.46. The Kier molecular flexibility index (Phi) is 3.49. The van der Waals surface area contributed by atoms with Gasteiger partial charge in [-0.2, -0.15) is 0 Å². The average Bonchev–Trinajstić information content (AvgIpc) is 2.31. The van der Waals surface area contributed by atoms with Gasteiger partial charge in [0.15, 0.2) is 0 Å². The summed E-state index contributed by atoms with van der Waals surface area (Å²) in [5.74, 6) is -0.191. The molecule has 0 unspecified atom stereocenters. The lowest BCUT2D eigenvalue weighted by Gasteiger charge is -2.25. The summed E-state index contributed by atoms with van der Waals surface area (Å²) in [6, 6.07) is 0. The minimum Gasteiger partial charge on any atom is -0.481 e. The summed E-state index contributed by atoms with van der Waals surface area (Å²) >= 11 is 0. The van der Waals surface area contributed by atoms with Crippen molar-refractivity contribution in [3.8, 4) is 0 Å². The average molecular weight is 220 g/mol. The highest BCUT2D eigenvalue weighted by molar-refractivity contribution is 5.69. The summed E-state index contributed by atoms with van der Waals surface area (Å²) < 4.78 is 0. The maximum Gasteiger partial charge on any atom is 0.306 e. The Hall–Kier alpha value is -1.45. The zero-order valence-corrected chi connectivity index (χ0v) is 9.17. The molecule has 0 bridgehead atoms. The zero-order valence-electron chi connectivity index (χ0n) is 9.17. The Labute approximate surface area is 94.7 Å². The van der Waals surface area contributed by atoms with Gasteiger partial charge in [-0.05, 0) is 38.0 Å². The van der Waals surface area contributed by atoms with E-state index in [0.29, 0.717) is 5.92 Å². The van der Waals surface area contributed by atoms with Crippen molar-refractivity contribution < 1.29 is 9.90 Å². The third-order valence-electron chi connectivity index (χ3n) is 3.31. The number of aliphatic carboxylic acids is 1. The number of aromatic nitrogens is 2. The molecule has 1 fully saturated rings. The Morgan fingerprint density at radius 1 is 1.31 bits per heavy atom. The van der Waals surface area contributed by atoms with E-state index in [4.69, 9.17) is 5.11 Å². The van der Waals surface area contributed by atoms with Gasteiger partial charge >= 0.3 is 5.97 Å². The fraction of sp³-hybridized carbons (Fsp3) is 0.583. The molecule has 1 aromatic heterocycles. The van der Waals surface area contributed by atoms with E-state index in [2.05, 4.69) is 9.97 Å². The van der Waals surface area contributed by atoms with Gasteiger partial charge < -0.3 is 5.11 Å². The van der Waals surface area contributed by atoms with E-state index in [-0.39, 0.29) is 5.92 Å². The molecule has 0 saturated heterocycles. The van der Waals surface area contributed by atoms with Crippen molar-refractivity contribution in [3.63, 3.8) is 0 Å². The van der Waals surface area contributed by atoms with Crippen LogP contribution in [0.15, 0.2) is 18.6 Å². The molecule has 0 spiro atoms. The van der Waals surface area contributed by atoms with Gasteiger partial charge in [-0.25, -0.2) is 0 Å². The fourth-order valence-corrected chi connectivity index (χ4v) is 2.34. The molecule has 86 valence electrons. The molecule has 2 rings (SSSR count). The summed E-state index contributed by atoms with van der Waals surface area (Å²) in [4.78, 5) is 19.1. The van der Waals surface area contributed by atoms with Crippen molar-refractivity contribution in [2.24, 2.45) is 11.8 Å². The van der Waals surface area contributed by atoms with E-state index in [9.17, 15) is 4.79 Å². The van der Waals surface area contributed by atoms with Crippen LogP contribution in [0.4, 0.5) is 0 Å². The van der Waals surface area contributed by atoms with Gasteiger partial charge in [0, 0.05) is 18.6 Å². The lowest BCUT2D eigenvalue weighted by Crippen LogP contribution is -2.22. The molecule has 1 aliphatic rings. The summed E-state index contributed by atoms with van der Waals surface area (Å²) in [6.07, 6.45) is 9.70. The lowest BCUT2D eigenvalue weighted by atomic mass is 9.80. The molecule has 1 aliphatic carbocycles. The molecule has 4 heteroatoms. The highest BCUT2D eigenvalue weighted by Gasteiger charge is 2.25. The SMILES string of the molecule is O=C(O)C1CCC(Cc2cnccn2)CC1. The van der Waals surface area contributed by atoms with Crippen LogP contribution in [0.3, 0.4) is 0 Å². The van der Waals surface area contributed by atoms with E-state index in [1.165, 1.54) is 0 Å².